The summed E-state index contributed by atoms with van der Waals surface area (Å²) in [7, 11) is 2.30. The number of hydrogen-bond acceptors (Lipinski definition) is 8. The molecule has 3 fully saturated rings. The highest BCUT2D eigenvalue weighted by molar-refractivity contribution is 7.91. The SMILES string of the molecule is CO[C@@]1(CN2CCC(N(C)C)CC2)/C=C/C[C@@H]2C[C@@]2(C)S(=O)(=O)NC(=O)c2ccc3c(c2)N(C[C@@H]2CC[C@H]21)C[C@@]1(CCCc2cc(Cl)ccc21)CO3. The van der Waals surface area contributed by atoms with E-state index in [0.29, 0.717) is 37.0 Å². The Morgan fingerprint density at radius 3 is 2.63 bits per heavy atom. The van der Waals surface area contributed by atoms with Crippen LogP contribution in [-0.4, -0.2) is 101 Å². The minimum absolute atomic E-state index is 0.0649. The van der Waals surface area contributed by atoms with Crippen LogP contribution < -0.4 is 14.4 Å². The van der Waals surface area contributed by atoms with Crippen LogP contribution in [0.4, 0.5) is 5.69 Å². The number of nitrogens with one attached hydrogen (secondary N) is 1. The van der Waals surface area contributed by atoms with Crippen molar-refractivity contribution in [3.63, 3.8) is 0 Å². The third-order valence-electron chi connectivity index (χ3n) is 14.0. The molecule has 0 aromatic heterocycles. The van der Waals surface area contributed by atoms with Gasteiger partial charge in [0.05, 0.1) is 17.0 Å². The number of methoxy groups -OCH3 is 1. The lowest BCUT2D eigenvalue weighted by Gasteiger charge is -2.52. The van der Waals surface area contributed by atoms with Gasteiger partial charge in [-0.15, -0.1) is 0 Å². The summed E-state index contributed by atoms with van der Waals surface area (Å²) < 4.78 is 42.4. The van der Waals surface area contributed by atoms with Crippen LogP contribution in [0.1, 0.15) is 79.8 Å². The van der Waals surface area contributed by atoms with E-state index < -0.39 is 26.3 Å². The lowest BCUT2D eigenvalue weighted by molar-refractivity contribution is -0.0947. The number of aryl methyl sites for hydroxylation is 1. The van der Waals surface area contributed by atoms with Gasteiger partial charge in [-0.1, -0.05) is 29.8 Å². The first kappa shape index (κ1) is 36.4. The number of amides is 1. The normalized spacial score (nSPS) is 35.3. The van der Waals surface area contributed by atoms with E-state index in [1.807, 2.05) is 25.3 Å². The Kier molecular flexibility index (Phi) is 9.50. The predicted molar refractivity (Wildman–Crippen MR) is 206 cm³/mol. The third-order valence-corrected chi connectivity index (χ3v) is 16.4. The van der Waals surface area contributed by atoms with E-state index in [-0.39, 0.29) is 17.3 Å². The lowest BCUT2D eigenvalue weighted by Crippen LogP contribution is -2.58. The second-order valence-corrected chi connectivity index (χ2v) is 19.7. The van der Waals surface area contributed by atoms with E-state index in [9.17, 15) is 13.2 Å². The molecule has 0 radical (unpaired) electrons. The summed E-state index contributed by atoms with van der Waals surface area (Å²) in [5.74, 6) is 0.717. The molecule has 2 aromatic carbocycles. The molecule has 1 saturated heterocycles. The number of rotatable bonds is 4. The minimum atomic E-state index is -3.92. The van der Waals surface area contributed by atoms with Crippen LogP contribution in [0.3, 0.4) is 0 Å². The first-order valence-electron chi connectivity index (χ1n) is 19.3. The molecule has 1 spiro atoms. The molecule has 2 saturated carbocycles. The molecule has 282 valence electrons. The first-order valence-corrected chi connectivity index (χ1v) is 21.2. The number of hydrogen-bond donors (Lipinski definition) is 1. The number of likely N-dealkylation sites (tertiary alicyclic amines) is 1. The summed E-state index contributed by atoms with van der Waals surface area (Å²) in [6, 6.07) is 12.3. The van der Waals surface area contributed by atoms with Gasteiger partial charge in [-0.05, 0) is 151 Å². The molecule has 2 bridgehead atoms. The standard InChI is InChI=1S/C41H55ClN4O5S/c1-39-23-31(39)8-6-18-41(50-4,26-45-19-15-33(16-20-45)44(2)3)35-12-9-30(35)24-46-25-40(17-5-7-28-21-32(42)11-13-34(28)40)27-51-37-14-10-29(22-36(37)46)38(47)43-52(39,48)49/h6,10-11,13-14,18,21-22,30-31,33,35H,5,7-9,12,15-17,19-20,23-27H2,1-4H3,(H,43,47)/b18-6+/t30-,31+,35+,39+,40-,41+/m0/s1. The van der Waals surface area contributed by atoms with Crippen LogP contribution in [0.25, 0.3) is 0 Å². The van der Waals surface area contributed by atoms with Gasteiger partial charge in [0.2, 0.25) is 10.0 Å². The van der Waals surface area contributed by atoms with Gasteiger partial charge in [0.1, 0.15) is 11.4 Å². The summed E-state index contributed by atoms with van der Waals surface area (Å²) in [5, 5.41) is 0.753. The number of piperidine rings is 1. The number of allylic oxidation sites excluding steroid dienone is 1. The summed E-state index contributed by atoms with van der Waals surface area (Å²) in [5.41, 5.74) is 2.99. The Bertz CT molecular complexity index is 1850. The van der Waals surface area contributed by atoms with E-state index >= 15 is 0 Å². The van der Waals surface area contributed by atoms with Crippen LogP contribution in [-0.2, 0) is 26.6 Å². The largest absolute Gasteiger partial charge is 0.490 e. The monoisotopic (exact) mass is 750 g/mol. The summed E-state index contributed by atoms with van der Waals surface area (Å²) in [6.07, 6.45) is 13.1. The van der Waals surface area contributed by atoms with Crippen molar-refractivity contribution in [3.8, 4) is 5.75 Å². The van der Waals surface area contributed by atoms with Gasteiger partial charge in [0, 0.05) is 48.8 Å². The van der Waals surface area contributed by atoms with Crippen LogP contribution >= 0.6 is 11.6 Å². The minimum Gasteiger partial charge on any atom is -0.490 e. The topological polar surface area (TPSA) is 91.4 Å². The zero-order chi connectivity index (χ0) is 36.5. The van der Waals surface area contributed by atoms with Crippen molar-refractivity contribution >= 4 is 33.2 Å². The Morgan fingerprint density at radius 1 is 1.10 bits per heavy atom. The van der Waals surface area contributed by atoms with Gasteiger partial charge in [-0.25, -0.2) is 13.1 Å². The van der Waals surface area contributed by atoms with E-state index in [4.69, 9.17) is 21.1 Å². The number of ether oxygens (including phenoxy) is 2. The summed E-state index contributed by atoms with van der Waals surface area (Å²) in [6.45, 7) is 6.69. The molecule has 6 atom stereocenters. The van der Waals surface area contributed by atoms with Crippen molar-refractivity contribution in [1.29, 1.82) is 0 Å². The molecule has 0 unspecified atom stereocenters. The quantitative estimate of drug-likeness (QED) is 0.378. The van der Waals surface area contributed by atoms with Crippen molar-refractivity contribution in [2.24, 2.45) is 17.8 Å². The molecule has 8 rings (SSSR count). The van der Waals surface area contributed by atoms with Gasteiger partial charge < -0.3 is 24.2 Å². The van der Waals surface area contributed by atoms with Crippen molar-refractivity contribution in [1.82, 2.24) is 14.5 Å². The van der Waals surface area contributed by atoms with Gasteiger partial charge in [-0.2, -0.15) is 0 Å². The molecular weight excluding hydrogens is 696 g/mol. The number of anilines is 1. The molecule has 11 heteroatoms. The molecule has 9 nitrogen and oxygen atoms in total. The fraction of sp³-hybridized carbons (Fsp3) is 0.634. The smallest absolute Gasteiger partial charge is 0.264 e. The fourth-order valence-corrected chi connectivity index (χ4v) is 12.1. The van der Waals surface area contributed by atoms with Crippen molar-refractivity contribution in [2.45, 2.75) is 86.5 Å². The molecule has 3 heterocycles. The predicted octanol–water partition coefficient (Wildman–Crippen LogP) is 6.05. The maximum absolute atomic E-state index is 13.7. The summed E-state index contributed by atoms with van der Waals surface area (Å²) in [4.78, 5) is 21.1. The number of sulfonamides is 1. The van der Waals surface area contributed by atoms with Gasteiger partial charge in [0.15, 0.2) is 0 Å². The molecule has 6 aliphatic rings. The highest BCUT2D eigenvalue weighted by Crippen LogP contribution is 2.53. The van der Waals surface area contributed by atoms with E-state index in [1.165, 1.54) is 11.1 Å². The van der Waals surface area contributed by atoms with Crippen LogP contribution in [0.15, 0.2) is 48.6 Å². The number of carbonyl (C=O) groups excluding carboxylic acids is 1. The zero-order valence-electron chi connectivity index (χ0n) is 31.2. The highest BCUT2D eigenvalue weighted by Gasteiger charge is 2.60. The Hall–Kier alpha value is -2.63. The second-order valence-electron chi connectivity index (χ2n) is 17.1. The van der Waals surface area contributed by atoms with E-state index in [0.717, 1.165) is 94.1 Å². The first-order chi connectivity index (χ1) is 24.9. The van der Waals surface area contributed by atoms with Crippen LogP contribution in [0.5, 0.6) is 5.75 Å². The third kappa shape index (κ3) is 6.38. The van der Waals surface area contributed by atoms with Crippen molar-refractivity contribution in [3.05, 3.63) is 70.3 Å². The Morgan fingerprint density at radius 2 is 1.90 bits per heavy atom. The lowest BCUT2D eigenvalue weighted by atomic mass is 9.63. The number of nitrogens with zero attached hydrogens (tertiary/aromatic N) is 3. The number of benzene rings is 2. The average Bonchev–Trinajstić information content (AvgIpc) is 3.82. The van der Waals surface area contributed by atoms with Gasteiger partial charge in [0.25, 0.3) is 5.91 Å². The Labute approximate surface area is 315 Å². The highest BCUT2D eigenvalue weighted by atomic mass is 35.5. The fourth-order valence-electron chi connectivity index (χ4n) is 10.3. The van der Waals surface area contributed by atoms with E-state index in [1.54, 1.807) is 13.0 Å². The summed E-state index contributed by atoms with van der Waals surface area (Å²) >= 11 is 6.50. The second kappa shape index (κ2) is 13.6. The van der Waals surface area contributed by atoms with Gasteiger partial charge >= 0.3 is 0 Å². The maximum atomic E-state index is 13.7. The number of halogens is 1. The van der Waals surface area contributed by atoms with E-state index in [2.05, 4.69) is 57.8 Å². The number of fused-ring (bicyclic) bond motifs is 5. The molecule has 1 N–H and O–H groups in total. The molecular formula is C41H55ClN4O5S. The van der Waals surface area contributed by atoms with Crippen LogP contribution in [0, 0.1) is 17.8 Å². The molecule has 52 heavy (non-hydrogen) atoms. The van der Waals surface area contributed by atoms with Crippen molar-refractivity contribution in [2.75, 3.05) is 65.4 Å². The average molecular weight is 751 g/mol. The van der Waals surface area contributed by atoms with Crippen molar-refractivity contribution < 1.29 is 22.7 Å². The molecule has 3 aliphatic heterocycles. The maximum Gasteiger partial charge on any atom is 0.264 e. The zero-order valence-corrected chi connectivity index (χ0v) is 32.8. The van der Waals surface area contributed by atoms with Crippen LogP contribution in [0.2, 0.25) is 5.02 Å². The Balaban J connectivity index is 1.19. The molecule has 3 aliphatic carbocycles. The molecule has 1 amide bonds. The number of carbonyl (C=O) groups is 1. The molecule has 2 aromatic rings. The van der Waals surface area contributed by atoms with Gasteiger partial charge in [-0.3, -0.25) is 4.79 Å².